The third-order valence-corrected chi connectivity index (χ3v) is 2.94. The van der Waals surface area contributed by atoms with Crippen LogP contribution in [-0.2, 0) is 9.53 Å². The summed E-state index contributed by atoms with van der Waals surface area (Å²) in [4.78, 5) is 24.7. The minimum Gasteiger partial charge on any atom is -0.469 e. The first kappa shape index (κ1) is 16.2. The van der Waals surface area contributed by atoms with Gasteiger partial charge in [-0.1, -0.05) is 23.7 Å². The van der Waals surface area contributed by atoms with Crippen LogP contribution in [0.4, 0.5) is 4.39 Å². The second-order valence-corrected chi connectivity index (χ2v) is 4.37. The highest BCUT2D eigenvalue weighted by atomic mass is 35.5. The van der Waals surface area contributed by atoms with E-state index in [2.05, 4.69) is 11.3 Å². The first-order valence-electron chi connectivity index (χ1n) is 5.92. The van der Waals surface area contributed by atoms with E-state index in [-0.39, 0.29) is 30.1 Å². The summed E-state index contributed by atoms with van der Waals surface area (Å²) in [6.45, 7) is 3.81. The molecule has 0 aromatic heterocycles. The predicted octanol–water partition coefficient (Wildman–Crippen LogP) is 2.67. The van der Waals surface area contributed by atoms with Crippen LogP contribution >= 0.6 is 11.6 Å². The molecule has 0 atom stereocenters. The molecule has 4 nitrogen and oxygen atoms in total. The molecular weight excluding hydrogens is 285 g/mol. The van der Waals surface area contributed by atoms with Crippen LogP contribution in [-0.4, -0.2) is 37.0 Å². The molecule has 1 amide bonds. The van der Waals surface area contributed by atoms with Crippen molar-refractivity contribution in [3.05, 3.63) is 47.3 Å². The lowest BCUT2D eigenvalue weighted by atomic mass is 10.1. The van der Waals surface area contributed by atoms with Crippen molar-refractivity contribution in [2.45, 2.75) is 6.42 Å². The van der Waals surface area contributed by atoms with Crippen LogP contribution in [0.3, 0.4) is 0 Å². The van der Waals surface area contributed by atoms with Crippen LogP contribution < -0.4 is 0 Å². The Morgan fingerprint density at radius 2 is 2.20 bits per heavy atom. The van der Waals surface area contributed by atoms with Gasteiger partial charge >= 0.3 is 5.97 Å². The van der Waals surface area contributed by atoms with E-state index in [1.54, 1.807) is 0 Å². The van der Waals surface area contributed by atoms with E-state index in [4.69, 9.17) is 11.6 Å². The Bertz CT molecular complexity index is 499. The zero-order valence-electron chi connectivity index (χ0n) is 11.1. The van der Waals surface area contributed by atoms with Gasteiger partial charge in [0.1, 0.15) is 5.82 Å². The Balaban J connectivity index is 2.93. The maximum Gasteiger partial charge on any atom is 0.307 e. The summed E-state index contributed by atoms with van der Waals surface area (Å²) >= 11 is 5.85. The number of carbonyl (C=O) groups excluding carboxylic acids is 2. The van der Waals surface area contributed by atoms with E-state index in [1.165, 1.54) is 30.2 Å². The van der Waals surface area contributed by atoms with Gasteiger partial charge in [0, 0.05) is 13.1 Å². The number of hydrogen-bond donors (Lipinski definition) is 0. The highest BCUT2D eigenvalue weighted by molar-refractivity contribution is 6.33. The van der Waals surface area contributed by atoms with Crippen LogP contribution in [0.25, 0.3) is 0 Å². The Hall–Kier alpha value is -1.88. The van der Waals surface area contributed by atoms with Crippen molar-refractivity contribution < 1.29 is 18.7 Å². The van der Waals surface area contributed by atoms with Gasteiger partial charge in [0.25, 0.3) is 5.91 Å². The van der Waals surface area contributed by atoms with E-state index in [1.807, 2.05) is 0 Å². The Labute approximate surface area is 121 Å². The minimum atomic E-state index is -0.699. The van der Waals surface area contributed by atoms with Gasteiger partial charge in [0.15, 0.2) is 0 Å². The molecule has 0 radical (unpaired) electrons. The molecule has 0 unspecified atom stereocenters. The van der Waals surface area contributed by atoms with Crippen LogP contribution in [0.5, 0.6) is 0 Å². The molecule has 0 bridgehead atoms. The van der Waals surface area contributed by atoms with Crippen LogP contribution in [0.15, 0.2) is 30.9 Å². The smallest absolute Gasteiger partial charge is 0.307 e. The zero-order chi connectivity index (χ0) is 15.1. The summed E-state index contributed by atoms with van der Waals surface area (Å²) < 4.78 is 18.2. The van der Waals surface area contributed by atoms with E-state index in [0.29, 0.717) is 0 Å². The molecule has 1 aromatic carbocycles. The molecule has 6 heteroatoms. The van der Waals surface area contributed by atoms with Gasteiger partial charge in [-0.05, 0) is 12.1 Å². The number of nitrogens with zero attached hydrogens (tertiary/aromatic N) is 1. The first-order chi connectivity index (χ1) is 9.51. The second kappa shape index (κ2) is 7.65. The molecule has 0 fully saturated rings. The average molecular weight is 300 g/mol. The molecule has 0 saturated heterocycles. The van der Waals surface area contributed by atoms with Crippen LogP contribution in [0, 0.1) is 5.82 Å². The fraction of sp³-hybridized carbons (Fsp3) is 0.286. The maximum absolute atomic E-state index is 13.7. The van der Waals surface area contributed by atoms with E-state index < -0.39 is 17.7 Å². The fourth-order valence-electron chi connectivity index (χ4n) is 1.62. The SMILES string of the molecule is C=CCN(CCC(=O)OC)C(=O)c1c(F)cccc1Cl. The zero-order valence-corrected chi connectivity index (χ0v) is 11.8. The molecule has 0 saturated carbocycles. The number of ether oxygens (including phenoxy) is 1. The van der Waals surface area contributed by atoms with Crippen molar-refractivity contribution in [1.82, 2.24) is 4.90 Å². The van der Waals surface area contributed by atoms with Crippen molar-refractivity contribution in [2.75, 3.05) is 20.2 Å². The lowest BCUT2D eigenvalue weighted by Gasteiger charge is -2.21. The first-order valence-corrected chi connectivity index (χ1v) is 6.30. The number of benzene rings is 1. The van der Waals surface area contributed by atoms with Gasteiger partial charge in [-0.15, -0.1) is 6.58 Å². The van der Waals surface area contributed by atoms with Crippen LogP contribution in [0.1, 0.15) is 16.8 Å². The highest BCUT2D eigenvalue weighted by Crippen LogP contribution is 2.21. The van der Waals surface area contributed by atoms with Crippen molar-refractivity contribution in [3.63, 3.8) is 0 Å². The largest absolute Gasteiger partial charge is 0.469 e. The molecule has 0 aliphatic carbocycles. The van der Waals surface area contributed by atoms with Crippen molar-refractivity contribution in [3.8, 4) is 0 Å². The van der Waals surface area contributed by atoms with Crippen molar-refractivity contribution in [2.24, 2.45) is 0 Å². The third-order valence-electron chi connectivity index (χ3n) is 2.63. The molecule has 0 heterocycles. The second-order valence-electron chi connectivity index (χ2n) is 3.96. The molecule has 0 N–H and O–H groups in total. The molecular formula is C14H15ClFNO3. The molecule has 0 aliphatic heterocycles. The number of halogens is 2. The molecule has 1 rings (SSSR count). The summed E-state index contributed by atoms with van der Waals surface area (Å²) in [7, 11) is 1.26. The standard InChI is InChI=1S/C14H15ClFNO3/c1-3-8-17(9-7-12(18)20-2)14(19)13-10(15)5-4-6-11(13)16/h3-6H,1,7-9H2,2H3. The number of hydrogen-bond acceptors (Lipinski definition) is 3. The summed E-state index contributed by atoms with van der Waals surface area (Å²) in [5, 5.41) is 0.0298. The predicted molar refractivity (Wildman–Crippen MR) is 74.1 cm³/mol. The van der Waals surface area contributed by atoms with E-state index in [0.717, 1.165) is 6.07 Å². The Kier molecular flexibility index (Phi) is 6.18. The average Bonchev–Trinajstić information content (AvgIpc) is 2.42. The highest BCUT2D eigenvalue weighted by Gasteiger charge is 2.21. The number of methoxy groups -OCH3 is 1. The van der Waals surface area contributed by atoms with Gasteiger partial charge in [-0.2, -0.15) is 0 Å². The van der Waals surface area contributed by atoms with Crippen molar-refractivity contribution in [1.29, 1.82) is 0 Å². The molecule has 0 aliphatic rings. The lowest BCUT2D eigenvalue weighted by Crippen LogP contribution is -2.34. The quantitative estimate of drug-likeness (QED) is 0.599. The minimum absolute atomic E-state index is 0.0160. The number of rotatable bonds is 6. The summed E-state index contributed by atoms with van der Waals surface area (Å²) in [5.74, 6) is -1.74. The molecule has 20 heavy (non-hydrogen) atoms. The topological polar surface area (TPSA) is 46.6 Å². The number of carbonyl (C=O) groups is 2. The summed E-state index contributed by atoms with van der Waals surface area (Å²) in [5.41, 5.74) is -0.208. The fourth-order valence-corrected chi connectivity index (χ4v) is 1.86. The van der Waals surface area contributed by atoms with Gasteiger partial charge in [-0.3, -0.25) is 9.59 Å². The molecule has 108 valence electrons. The van der Waals surface area contributed by atoms with E-state index in [9.17, 15) is 14.0 Å². The number of amides is 1. The molecule has 1 aromatic rings. The number of esters is 1. The monoisotopic (exact) mass is 299 g/mol. The Morgan fingerprint density at radius 1 is 1.50 bits per heavy atom. The molecule has 0 spiro atoms. The summed E-state index contributed by atoms with van der Waals surface area (Å²) in [6.07, 6.45) is 1.51. The van der Waals surface area contributed by atoms with Crippen LogP contribution in [0.2, 0.25) is 5.02 Å². The van der Waals surface area contributed by atoms with Gasteiger partial charge < -0.3 is 9.64 Å². The lowest BCUT2D eigenvalue weighted by molar-refractivity contribution is -0.140. The maximum atomic E-state index is 13.7. The third kappa shape index (κ3) is 4.06. The van der Waals surface area contributed by atoms with Gasteiger partial charge in [0.05, 0.1) is 24.1 Å². The van der Waals surface area contributed by atoms with Gasteiger partial charge in [0.2, 0.25) is 0 Å². The normalized spacial score (nSPS) is 9.95. The van der Waals surface area contributed by atoms with Gasteiger partial charge in [-0.25, -0.2) is 4.39 Å². The van der Waals surface area contributed by atoms with Crippen molar-refractivity contribution >= 4 is 23.5 Å². The summed E-state index contributed by atoms with van der Waals surface area (Å²) in [6, 6.07) is 4.01. The van der Waals surface area contributed by atoms with E-state index >= 15 is 0 Å². The Morgan fingerprint density at radius 3 is 2.75 bits per heavy atom.